The van der Waals surface area contributed by atoms with Crippen LogP contribution in [0.25, 0.3) is 16.8 Å². The van der Waals surface area contributed by atoms with Gasteiger partial charge in [0.05, 0.1) is 17.3 Å². The molecule has 3 nitrogen and oxygen atoms in total. The maximum atomic E-state index is 13.4. The fraction of sp³-hybridized carbons (Fsp3) is 0.308. The Bertz CT molecular complexity index is 1220. The molecule has 1 atom stereocenters. The lowest BCUT2D eigenvalue weighted by Gasteiger charge is -2.25. The van der Waals surface area contributed by atoms with Crippen molar-refractivity contribution in [3.05, 3.63) is 83.3 Å². The minimum absolute atomic E-state index is 0.00689. The van der Waals surface area contributed by atoms with Crippen LogP contribution >= 0.6 is 0 Å². The molecule has 0 radical (unpaired) electrons. The van der Waals surface area contributed by atoms with Gasteiger partial charge in [-0.15, -0.1) is 0 Å². The van der Waals surface area contributed by atoms with Crippen molar-refractivity contribution in [2.24, 2.45) is 5.92 Å². The van der Waals surface area contributed by atoms with E-state index in [1.54, 1.807) is 19.1 Å². The van der Waals surface area contributed by atoms with Gasteiger partial charge >= 0.3 is 12.4 Å². The van der Waals surface area contributed by atoms with Crippen LogP contribution in [0.4, 0.5) is 26.3 Å². The van der Waals surface area contributed by atoms with Gasteiger partial charge in [0, 0.05) is 23.4 Å². The molecule has 0 saturated heterocycles. The third kappa shape index (κ3) is 6.01. The second-order valence-electron chi connectivity index (χ2n) is 8.44. The summed E-state index contributed by atoms with van der Waals surface area (Å²) >= 11 is 0. The summed E-state index contributed by atoms with van der Waals surface area (Å²) < 4.78 is 85.4. The van der Waals surface area contributed by atoms with Crippen molar-refractivity contribution in [3.8, 4) is 17.0 Å². The van der Waals surface area contributed by atoms with E-state index in [9.17, 15) is 26.3 Å². The Hall–Kier alpha value is -3.36. The molecule has 35 heavy (non-hydrogen) atoms. The smallest absolute Gasteiger partial charge is 0.433 e. The third-order valence-corrected chi connectivity index (χ3v) is 5.81. The van der Waals surface area contributed by atoms with Gasteiger partial charge in [-0.1, -0.05) is 36.4 Å². The second kappa shape index (κ2) is 9.71. The zero-order valence-corrected chi connectivity index (χ0v) is 18.7. The summed E-state index contributed by atoms with van der Waals surface area (Å²) in [7, 11) is 0. The van der Waals surface area contributed by atoms with Crippen molar-refractivity contribution in [3.63, 3.8) is 0 Å². The Labute approximate surface area is 198 Å². The van der Waals surface area contributed by atoms with Crippen molar-refractivity contribution in [2.75, 3.05) is 0 Å². The van der Waals surface area contributed by atoms with E-state index >= 15 is 0 Å². The molecule has 2 heterocycles. The van der Waals surface area contributed by atoms with Crippen LogP contribution in [0.1, 0.15) is 41.9 Å². The molecule has 0 amide bonds. The number of rotatable bonds is 5. The second-order valence-corrected chi connectivity index (χ2v) is 8.44. The standard InChI is InChI=1S/C26H22F6N2O/c1-16-13-20(35-15-17-5-3-2-4-6-17)14-22(33-16)21-11-12-23(26(30,31)32)34-24(21)18-7-9-19(10-8-18)25(27,28)29/h2-7,11-14,19H,8-10,15H2,1H3. The van der Waals surface area contributed by atoms with Crippen molar-refractivity contribution in [2.45, 2.75) is 45.1 Å². The lowest BCUT2D eigenvalue weighted by Crippen LogP contribution is -2.24. The topological polar surface area (TPSA) is 35.0 Å². The molecule has 3 aromatic rings. The first-order valence-electron chi connectivity index (χ1n) is 11.0. The molecule has 0 saturated carbocycles. The Balaban J connectivity index is 1.71. The van der Waals surface area contributed by atoms with E-state index in [-0.39, 0.29) is 31.6 Å². The van der Waals surface area contributed by atoms with Gasteiger partial charge in [0.2, 0.25) is 0 Å². The van der Waals surface area contributed by atoms with Crippen LogP contribution in [-0.2, 0) is 12.8 Å². The number of halogens is 6. The van der Waals surface area contributed by atoms with Crippen LogP contribution in [0.15, 0.2) is 60.7 Å². The molecule has 0 spiro atoms. The molecular formula is C26H22F6N2O. The van der Waals surface area contributed by atoms with Crippen LogP contribution in [-0.4, -0.2) is 16.1 Å². The maximum absolute atomic E-state index is 13.4. The van der Waals surface area contributed by atoms with E-state index in [1.807, 2.05) is 30.3 Å². The predicted octanol–water partition coefficient (Wildman–Crippen LogP) is 7.80. The normalized spacial score (nSPS) is 16.7. The highest BCUT2D eigenvalue weighted by molar-refractivity contribution is 5.78. The van der Waals surface area contributed by atoms with E-state index in [2.05, 4.69) is 9.97 Å². The molecule has 0 aliphatic heterocycles. The highest BCUT2D eigenvalue weighted by Gasteiger charge is 2.40. The van der Waals surface area contributed by atoms with Gasteiger partial charge in [0.1, 0.15) is 18.1 Å². The maximum Gasteiger partial charge on any atom is 0.433 e. The van der Waals surface area contributed by atoms with Crippen LogP contribution in [0.3, 0.4) is 0 Å². The first-order chi connectivity index (χ1) is 16.5. The van der Waals surface area contributed by atoms with Crippen molar-refractivity contribution in [1.29, 1.82) is 0 Å². The first kappa shape index (κ1) is 24.8. The molecule has 1 aliphatic rings. The van der Waals surface area contributed by atoms with Crippen LogP contribution in [0.5, 0.6) is 5.75 Å². The van der Waals surface area contributed by atoms with Gasteiger partial charge in [-0.25, -0.2) is 4.98 Å². The number of alkyl halides is 6. The number of hydrogen-bond acceptors (Lipinski definition) is 3. The minimum atomic E-state index is -4.69. The number of aromatic nitrogens is 2. The number of hydrogen-bond donors (Lipinski definition) is 0. The minimum Gasteiger partial charge on any atom is -0.489 e. The Morgan fingerprint density at radius 3 is 2.31 bits per heavy atom. The van der Waals surface area contributed by atoms with E-state index < -0.39 is 24.0 Å². The number of benzene rings is 1. The van der Waals surface area contributed by atoms with Crippen LogP contribution in [0.2, 0.25) is 0 Å². The summed E-state index contributed by atoms with van der Waals surface area (Å²) in [6.45, 7) is 2.01. The molecule has 0 fully saturated rings. The van der Waals surface area contributed by atoms with Crippen LogP contribution < -0.4 is 4.74 Å². The number of ether oxygens (including phenoxy) is 1. The summed E-state index contributed by atoms with van der Waals surface area (Å²) in [4.78, 5) is 8.28. The van der Waals surface area contributed by atoms with Gasteiger partial charge in [0.25, 0.3) is 0 Å². The molecule has 1 aliphatic carbocycles. The molecular weight excluding hydrogens is 470 g/mol. The Kier molecular flexibility index (Phi) is 6.87. The Morgan fingerprint density at radius 2 is 1.69 bits per heavy atom. The summed E-state index contributed by atoms with van der Waals surface area (Å²) in [5, 5.41) is 0. The summed E-state index contributed by atoms with van der Waals surface area (Å²) in [6.07, 6.45) is -8.25. The zero-order valence-electron chi connectivity index (χ0n) is 18.7. The highest BCUT2D eigenvalue weighted by atomic mass is 19.4. The third-order valence-electron chi connectivity index (χ3n) is 5.81. The monoisotopic (exact) mass is 492 g/mol. The number of pyridine rings is 2. The molecule has 0 N–H and O–H groups in total. The van der Waals surface area contributed by atoms with E-state index in [0.717, 1.165) is 11.6 Å². The highest BCUT2D eigenvalue weighted by Crippen LogP contribution is 2.42. The van der Waals surface area contributed by atoms with Crippen molar-refractivity contribution >= 4 is 5.57 Å². The van der Waals surface area contributed by atoms with E-state index in [4.69, 9.17) is 4.74 Å². The average molecular weight is 492 g/mol. The lowest BCUT2D eigenvalue weighted by atomic mass is 9.86. The van der Waals surface area contributed by atoms with Gasteiger partial charge in [-0.3, -0.25) is 4.98 Å². The molecule has 1 unspecified atom stereocenters. The first-order valence-corrected chi connectivity index (χ1v) is 11.0. The van der Waals surface area contributed by atoms with E-state index in [1.165, 1.54) is 12.1 Å². The lowest BCUT2D eigenvalue weighted by molar-refractivity contribution is -0.175. The van der Waals surface area contributed by atoms with E-state index in [0.29, 0.717) is 28.3 Å². The average Bonchev–Trinajstić information content (AvgIpc) is 2.82. The molecule has 9 heteroatoms. The zero-order chi connectivity index (χ0) is 25.2. The van der Waals surface area contributed by atoms with Gasteiger partial charge in [-0.2, -0.15) is 26.3 Å². The SMILES string of the molecule is Cc1cc(OCc2ccccc2)cc(-c2ccc(C(F)(F)F)nc2C2=CCC(C(F)(F)F)CC2)n1. The molecule has 0 bridgehead atoms. The predicted molar refractivity (Wildman–Crippen MR) is 119 cm³/mol. The largest absolute Gasteiger partial charge is 0.489 e. The summed E-state index contributed by atoms with van der Waals surface area (Å²) in [6, 6.07) is 14.9. The number of allylic oxidation sites excluding steroid dienone is 2. The van der Waals surface area contributed by atoms with Crippen molar-refractivity contribution < 1.29 is 31.1 Å². The Morgan fingerprint density at radius 1 is 0.943 bits per heavy atom. The molecule has 2 aromatic heterocycles. The molecule has 1 aromatic carbocycles. The number of nitrogens with zero attached hydrogens (tertiary/aromatic N) is 2. The fourth-order valence-electron chi connectivity index (χ4n) is 4.01. The van der Waals surface area contributed by atoms with Crippen LogP contribution in [0, 0.1) is 12.8 Å². The quantitative estimate of drug-likeness (QED) is 0.341. The molecule has 4 rings (SSSR count). The summed E-state index contributed by atoms with van der Waals surface area (Å²) in [5.74, 6) is -1.05. The van der Waals surface area contributed by atoms with Gasteiger partial charge in [-0.05, 0) is 49.5 Å². The fourth-order valence-corrected chi connectivity index (χ4v) is 4.01. The number of aryl methyl sites for hydroxylation is 1. The van der Waals surface area contributed by atoms with Crippen molar-refractivity contribution in [1.82, 2.24) is 9.97 Å². The van der Waals surface area contributed by atoms with Gasteiger partial charge < -0.3 is 4.74 Å². The molecule has 184 valence electrons. The summed E-state index contributed by atoms with van der Waals surface area (Å²) in [5.41, 5.74) is 1.39. The van der Waals surface area contributed by atoms with Gasteiger partial charge in [0.15, 0.2) is 0 Å².